The molecule has 1 atom stereocenters. The molecule has 2 heterocycles. The van der Waals surface area contributed by atoms with Crippen molar-refractivity contribution in [1.29, 1.82) is 0 Å². The second-order valence-corrected chi connectivity index (χ2v) is 5.95. The fourth-order valence-electron chi connectivity index (χ4n) is 3.24. The zero-order chi connectivity index (χ0) is 16.1. The van der Waals surface area contributed by atoms with Gasteiger partial charge in [-0.25, -0.2) is 4.79 Å². The number of ether oxygens (including phenoxy) is 3. The molecule has 5 nitrogen and oxygen atoms in total. The number of rotatable bonds is 4. The van der Waals surface area contributed by atoms with Crippen LogP contribution in [0.5, 0.6) is 5.75 Å². The number of nitrogens with zero attached hydrogens (tertiary/aromatic N) is 1. The molecule has 23 heavy (non-hydrogen) atoms. The average molecular weight is 317 g/mol. The monoisotopic (exact) mass is 317 g/mol. The van der Waals surface area contributed by atoms with Gasteiger partial charge in [-0.05, 0) is 49.4 Å². The lowest BCUT2D eigenvalue weighted by molar-refractivity contribution is 0.0868. The Labute approximate surface area is 136 Å². The first-order valence-electron chi connectivity index (χ1n) is 8.15. The maximum Gasteiger partial charge on any atom is 0.513 e. The summed E-state index contributed by atoms with van der Waals surface area (Å²) in [7, 11) is 1.33. The summed E-state index contributed by atoms with van der Waals surface area (Å²) >= 11 is 0. The SMILES string of the molecule is COC(=O)OC1=CCCN(CCC2CCOc3ccccc32)C1. The van der Waals surface area contributed by atoms with E-state index in [0.29, 0.717) is 18.2 Å². The maximum atomic E-state index is 11.2. The Morgan fingerprint density at radius 1 is 1.39 bits per heavy atom. The molecule has 124 valence electrons. The van der Waals surface area contributed by atoms with E-state index >= 15 is 0 Å². The number of benzene rings is 1. The highest BCUT2D eigenvalue weighted by Crippen LogP contribution is 2.35. The fourth-order valence-corrected chi connectivity index (χ4v) is 3.24. The van der Waals surface area contributed by atoms with E-state index in [9.17, 15) is 4.79 Å². The number of carbonyl (C=O) groups excluding carboxylic acids is 1. The molecule has 2 aliphatic rings. The van der Waals surface area contributed by atoms with Crippen molar-refractivity contribution in [3.8, 4) is 5.75 Å². The van der Waals surface area contributed by atoms with Gasteiger partial charge in [-0.3, -0.25) is 4.90 Å². The zero-order valence-corrected chi connectivity index (χ0v) is 13.5. The van der Waals surface area contributed by atoms with Crippen molar-refractivity contribution in [3.05, 3.63) is 41.7 Å². The van der Waals surface area contributed by atoms with Gasteiger partial charge in [-0.2, -0.15) is 0 Å². The van der Waals surface area contributed by atoms with Crippen LogP contribution in [0, 0.1) is 0 Å². The molecule has 0 spiro atoms. The molecule has 0 N–H and O–H groups in total. The number of hydrogen-bond donors (Lipinski definition) is 0. The minimum Gasteiger partial charge on any atom is -0.493 e. The van der Waals surface area contributed by atoms with Crippen LogP contribution in [0.25, 0.3) is 0 Å². The van der Waals surface area contributed by atoms with E-state index in [0.717, 1.165) is 44.7 Å². The van der Waals surface area contributed by atoms with Gasteiger partial charge < -0.3 is 14.2 Å². The minimum absolute atomic E-state index is 0.538. The normalized spacial score (nSPS) is 20.9. The van der Waals surface area contributed by atoms with E-state index in [1.165, 1.54) is 12.7 Å². The largest absolute Gasteiger partial charge is 0.513 e. The van der Waals surface area contributed by atoms with Crippen LogP contribution in [-0.4, -0.2) is 44.4 Å². The van der Waals surface area contributed by atoms with E-state index in [1.807, 2.05) is 18.2 Å². The Morgan fingerprint density at radius 2 is 2.26 bits per heavy atom. The van der Waals surface area contributed by atoms with Crippen molar-refractivity contribution < 1.29 is 19.0 Å². The minimum atomic E-state index is -0.642. The highest BCUT2D eigenvalue weighted by atomic mass is 16.7. The molecule has 1 unspecified atom stereocenters. The Balaban J connectivity index is 1.53. The maximum absolute atomic E-state index is 11.2. The lowest BCUT2D eigenvalue weighted by Crippen LogP contribution is -2.33. The third kappa shape index (κ3) is 4.05. The Bertz CT molecular complexity index is 584. The summed E-state index contributed by atoms with van der Waals surface area (Å²) in [6.45, 7) is 3.44. The predicted molar refractivity (Wildman–Crippen MR) is 86.5 cm³/mol. The molecule has 1 aromatic carbocycles. The van der Waals surface area contributed by atoms with Crippen LogP contribution in [0.15, 0.2) is 36.1 Å². The molecule has 3 rings (SSSR count). The number of fused-ring (bicyclic) bond motifs is 1. The van der Waals surface area contributed by atoms with Crippen LogP contribution in [0.1, 0.15) is 30.7 Å². The number of para-hydroxylation sites is 1. The summed E-state index contributed by atoms with van der Waals surface area (Å²) in [5.74, 6) is 2.25. The van der Waals surface area contributed by atoms with Crippen molar-refractivity contribution in [1.82, 2.24) is 4.90 Å². The van der Waals surface area contributed by atoms with Gasteiger partial charge in [0.05, 0.1) is 20.3 Å². The van der Waals surface area contributed by atoms with Gasteiger partial charge in [-0.15, -0.1) is 0 Å². The number of methoxy groups -OCH3 is 1. The smallest absolute Gasteiger partial charge is 0.493 e. The third-order valence-corrected chi connectivity index (χ3v) is 4.45. The molecule has 0 saturated carbocycles. The topological polar surface area (TPSA) is 48.0 Å². The molecule has 0 radical (unpaired) electrons. The molecule has 2 aliphatic heterocycles. The molecule has 0 saturated heterocycles. The zero-order valence-electron chi connectivity index (χ0n) is 13.5. The van der Waals surface area contributed by atoms with E-state index < -0.39 is 6.16 Å². The third-order valence-electron chi connectivity index (χ3n) is 4.45. The van der Waals surface area contributed by atoms with Crippen LogP contribution in [0.2, 0.25) is 0 Å². The summed E-state index contributed by atoms with van der Waals surface area (Å²) in [6.07, 6.45) is 4.38. The molecule has 0 aromatic heterocycles. The van der Waals surface area contributed by atoms with Gasteiger partial charge in [0, 0.05) is 6.54 Å². The van der Waals surface area contributed by atoms with Gasteiger partial charge >= 0.3 is 6.16 Å². The van der Waals surface area contributed by atoms with Crippen molar-refractivity contribution in [2.24, 2.45) is 0 Å². The number of hydrogen-bond acceptors (Lipinski definition) is 5. The fraction of sp³-hybridized carbons (Fsp3) is 0.500. The van der Waals surface area contributed by atoms with Crippen LogP contribution in [0.3, 0.4) is 0 Å². The second kappa shape index (κ2) is 7.51. The summed E-state index contributed by atoms with van der Waals surface area (Å²) in [5, 5.41) is 0. The van der Waals surface area contributed by atoms with E-state index in [4.69, 9.17) is 9.47 Å². The molecule has 0 fully saturated rings. The molecule has 0 aliphatic carbocycles. The molecule has 0 bridgehead atoms. The predicted octanol–water partition coefficient (Wildman–Crippen LogP) is 3.32. The first-order chi connectivity index (χ1) is 11.3. The van der Waals surface area contributed by atoms with Gasteiger partial charge in [0.2, 0.25) is 0 Å². The number of carbonyl (C=O) groups is 1. The second-order valence-electron chi connectivity index (χ2n) is 5.95. The summed E-state index contributed by atoms with van der Waals surface area (Å²) < 4.78 is 15.4. The first-order valence-corrected chi connectivity index (χ1v) is 8.15. The van der Waals surface area contributed by atoms with Crippen molar-refractivity contribution in [2.75, 3.05) is 33.4 Å². The van der Waals surface area contributed by atoms with Crippen LogP contribution in [0.4, 0.5) is 4.79 Å². The van der Waals surface area contributed by atoms with Crippen molar-refractivity contribution >= 4 is 6.16 Å². The standard InChI is InChI=1S/C18H23NO4/c1-21-18(20)23-15-5-4-10-19(13-15)11-8-14-9-12-22-17-7-3-2-6-16(14)17/h2-3,5-7,14H,4,8-13H2,1H3. The average Bonchev–Trinajstić information content (AvgIpc) is 2.60. The Morgan fingerprint density at radius 3 is 3.13 bits per heavy atom. The summed E-state index contributed by atoms with van der Waals surface area (Å²) in [6, 6.07) is 8.31. The highest BCUT2D eigenvalue weighted by Gasteiger charge is 2.23. The van der Waals surface area contributed by atoms with E-state index in [1.54, 1.807) is 0 Å². The Kier molecular flexibility index (Phi) is 5.18. The Hall–Kier alpha value is -2.01. The molecular formula is C18H23NO4. The molecule has 0 amide bonds. The molecular weight excluding hydrogens is 294 g/mol. The lowest BCUT2D eigenvalue weighted by atomic mass is 9.90. The molecule has 5 heteroatoms. The van der Waals surface area contributed by atoms with Crippen LogP contribution in [-0.2, 0) is 9.47 Å². The van der Waals surface area contributed by atoms with Gasteiger partial charge in [-0.1, -0.05) is 18.2 Å². The summed E-state index contributed by atoms with van der Waals surface area (Å²) in [4.78, 5) is 13.5. The van der Waals surface area contributed by atoms with Crippen LogP contribution < -0.4 is 4.74 Å². The van der Waals surface area contributed by atoms with E-state index in [-0.39, 0.29) is 0 Å². The molecule has 1 aromatic rings. The lowest BCUT2D eigenvalue weighted by Gasteiger charge is -2.30. The van der Waals surface area contributed by atoms with Gasteiger partial charge in [0.15, 0.2) is 0 Å². The van der Waals surface area contributed by atoms with Crippen LogP contribution >= 0.6 is 0 Å². The van der Waals surface area contributed by atoms with Gasteiger partial charge in [0.1, 0.15) is 11.5 Å². The first kappa shape index (κ1) is 15.9. The highest BCUT2D eigenvalue weighted by molar-refractivity contribution is 5.61. The van der Waals surface area contributed by atoms with Crippen molar-refractivity contribution in [3.63, 3.8) is 0 Å². The quantitative estimate of drug-likeness (QED) is 0.797. The summed E-state index contributed by atoms with van der Waals surface area (Å²) in [5.41, 5.74) is 1.32. The van der Waals surface area contributed by atoms with Crippen molar-refractivity contribution in [2.45, 2.75) is 25.2 Å². The van der Waals surface area contributed by atoms with Gasteiger partial charge in [0.25, 0.3) is 0 Å². The van der Waals surface area contributed by atoms with E-state index in [2.05, 4.69) is 21.8 Å².